The number of allylic oxidation sites excluding steroid dienone is 9. The Balaban J connectivity index is 3.47. The Labute approximate surface area is 122 Å². The van der Waals surface area contributed by atoms with Crippen LogP contribution in [0.1, 0.15) is 45.4 Å². The summed E-state index contributed by atoms with van der Waals surface area (Å²) in [6.07, 6.45) is 25.8. The van der Waals surface area contributed by atoms with E-state index in [-0.39, 0.29) is 0 Å². The lowest BCUT2D eigenvalue weighted by Crippen LogP contribution is -1.85. The molecule has 0 aromatic carbocycles. The van der Waals surface area contributed by atoms with Crippen molar-refractivity contribution in [2.24, 2.45) is 0 Å². The van der Waals surface area contributed by atoms with Crippen molar-refractivity contribution in [2.75, 3.05) is 0 Å². The summed E-state index contributed by atoms with van der Waals surface area (Å²) in [5, 5.41) is 8.39. The zero-order valence-corrected chi connectivity index (χ0v) is 12.4. The summed E-state index contributed by atoms with van der Waals surface area (Å²) in [6.45, 7) is 2.14. The summed E-state index contributed by atoms with van der Waals surface area (Å²) in [5.74, 6) is -0.879. The second-order valence-corrected chi connectivity index (χ2v) is 4.32. The van der Waals surface area contributed by atoms with Crippen LogP contribution in [-0.2, 0) is 4.79 Å². The van der Waals surface area contributed by atoms with Crippen molar-refractivity contribution >= 4 is 5.97 Å². The summed E-state index contributed by atoms with van der Waals surface area (Å²) in [5.41, 5.74) is 0. The summed E-state index contributed by atoms with van der Waals surface area (Å²) in [7, 11) is 0. The van der Waals surface area contributed by atoms with Gasteiger partial charge in [-0.25, -0.2) is 4.79 Å². The zero-order valence-electron chi connectivity index (χ0n) is 12.4. The third kappa shape index (κ3) is 16.2. The first-order chi connectivity index (χ1) is 9.77. The Morgan fingerprint density at radius 1 is 0.750 bits per heavy atom. The first-order valence-electron chi connectivity index (χ1n) is 7.26. The van der Waals surface area contributed by atoms with Gasteiger partial charge in [0.15, 0.2) is 0 Å². The fraction of sp³-hybridized carbons (Fsp3) is 0.389. The molecule has 2 heteroatoms. The molecular formula is C18H26O2. The Bertz CT molecular complexity index is 371. The van der Waals surface area contributed by atoms with E-state index in [1.54, 1.807) is 6.08 Å². The Morgan fingerprint density at radius 3 is 1.70 bits per heavy atom. The van der Waals surface area contributed by atoms with E-state index in [2.05, 4.69) is 55.5 Å². The van der Waals surface area contributed by atoms with Gasteiger partial charge in [0.2, 0.25) is 0 Å². The summed E-state index contributed by atoms with van der Waals surface area (Å²) in [4.78, 5) is 10.2. The summed E-state index contributed by atoms with van der Waals surface area (Å²) < 4.78 is 0. The molecule has 1 N–H and O–H groups in total. The molecule has 0 aliphatic rings. The van der Waals surface area contributed by atoms with Crippen molar-refractivity contribution in [3.63, 3.8) is 0 Å². The van der Waals surface area contributed by atoms with Crippen molar-refractivity contribution < 1.29 is 9.90 Å². The highest BCUT2D eigenvalue weighted by Crippen LogP contribution is 1.97. The smallest absolute Gasteiger partial charge is 0.327 e. The number of unbranched alkanes of at least 4 members (excludes halogenated alkanes) is 1. The van der Waals surface area contributed by atoms with E-state index in [9.17, 15) is 4.79 Å². The van der Waals surface area contributed by atoms with E-state index in [1.807, 2.05) is 0 Å². The Hall–Kier alpha value is -1.83. The van der Waals surface area contributed by atoms with Gasteiger partial charge >= 0.3 is 5.97 Å². The predicted molar refractivity (Wildman–Crippen MR) is 86.7 cm³/mol. The van der Waals surface area contributed by atoms with Gasteiger partial charge in [0.05, 0.1) is 0 Å². The topological polar surface area (TPSA) is 37.3 Å². The van der Waals surface area contributed by atoms with Gasteiger partial charge in [0.1, 0.15) is 0 Å². The first-order valence-corrected chi connectivity index (χ1v) is 7.26. The molecule has 20 heavy (non-hydrogen) atoms. The average Bonchev–Trinajstić information content (AvgIpc) is 2.43. The molecular weight excluding hydrogens is 248 g/mol. The van der Waals surface area contributed by atoms with Crippen LogP contribution in [0, 0.1) is 0 Å². The number of rotatable bonds is 11. The molecule has 0 fully saturated rings. The van der Waals surface area contributed by atoms with Crippen molar-refractivity contribution in [3.05, 3.63) is 60.8 Å². The standard InChI is InChI=1S/C18H26O2/c1-2-3-4-5-6-7-8-9-10-11-12-13-14-15-16-17-18(19)20/h3-4,6-7,9-10,12-13,16-17H,2,5,8,11,14-15H2,1H3,(H,19,20)/b4-3?,7-6?,10-9?,13-12?,17-16-. The third-order valence-electron chi connectivity index (χ3n) is 2.48. The molecule has 0 aliphatic heterocycles. The number of carboxylic acids is 1. The van der Waals surface area contributed by atoms with Crippen molar-refractivity contribution in [2.45, 2.75) is 45.4 Å². The van der Waals surface area contributed by atoms with Gasteiger partial charge in [-0.15, -0.1) is 0 Å². The lowest BCUT2D eigenvalue weighted by Gasteiger charge is -1.86. The van der Waals surface area contributed by atoms with Crippen LogP contribution in [0.15, 0.2) is 60.8 Å². The fourth-order valence-electron chi connectivity index (χ4n) is 1.47. The number of hydrogen-bond acceptors (Lipinski definition) is 1. The van der Waals surface area contributed by atoms with Gasteiger partial charge in [-0.3, -0.25) is 0 Å². The molecule has 0 aromatic rings. The van der Waals surface area contributed by atoms with Crippen LogP contribution in [0.5, 0.6) is 0 Å². The molecule has 0 amide bonds. The lowest BCUT2D eigenvalue weighted by atomic mass is 10.2. The maximum atomic E-state index is 10.2. The van der Waals surface area contributed by atoms with Crippen molar-refractivity contribution in [1.29, 1.82) is 0 Å². The van der Waals surface area contributed by atoms with E-state index in [0.29, 0.717) is 0 Å². The average molecular weight is 274 g/mol. The molecule has 0 atom stereocenters. The third-order valence-corrected chi connectivity index (χ3v) is 2.48. The monoisotopic (exact) mass is 274 g/mol. The highest BCUT2D eigenvalue weighted by molar-refractivity contribution is 5.79. The van der Waals surface area contributed by atoms with Gasteiger partial charge in [-0.05, 0) is 38.5 Å². The SMILES string of the molecule is CCC=CCC=CCC=CCC=CCC/C=C\C(=O)O. The van der Waals surface area contributed by atoms with E-state index >= 15 is 0 Å². The fourth-order valence-corrected chi connectivity index (χ4v) is 1.47. The van der Waals surface area contributed by atoms with Crippen LogP contribution in [0.2, 0.25) is 0 Å². The summed E-state index contributed by atoms with van der Waals surface area (Å²) in [6, 6.07) is 0. The number of hydrogen-bond donors (Lipinski definition) is 1. The van der Waals surface area contributed by atoms with E-state index < -0.39 is 5.97 Å². The Kier molecular flexibility index (Phi) is 13.8. The van der Waals surface area contributed by atoms with E-state index in [1.165, 1.54) is 6.08 Å². The highest BCUT2D eigenvalue weighted by Gasteiger charge is 1.83. The van der Waals surface area contributed by atoms with Gasteiger partial charge in [-0.2, -0.15) is 0 Å². The van der Waals surface area contributed by atoms with Crippen molar-refractivity contribution in [1.82, 2.24) is 0 Å². The van der Waals surface area contributed by atoms with E-state index in [0.717, 1.165) is 38.5 Å². The molecule has 0 rings (SSSR count). The minimum atomic E-state index is -0.879. The molecule has 0 bridgehead atoms. The van der Waals surface area contributed by atoms with Gasteiger partial charge in [-0.1, -0.05) is 61.6 Å². The van der Waals surface area contributed by atoms with Gasteiger partial charge in [0.25, 0.3) is 0 Å². The largest absolute Gasteiger partial charge is 0.478 e. The zero-order chi connectivity index (χ0) is 14.9. The van der Waals surface area contributed by atoms with Crippen LogP contribution in [0.4, 0.5) is 0 Å². The molecule has 0 spiro atoms. The first kappa shape index (κ1) is 18.2. The van der Waals surface area contributed by atoms with Crippen LogP contribution in [0.25, 0.3) is 0 Å². The normalized spacial score (nSPS) is 12.8. The second kappa shape index (κ2) is 15.2. The number of aliphatic carboxylic acids is 1. The molecule has 0 saturated heterocycles. The Morgan fingerprint density at radius 2 is 1.20 bits per heavy atom. The van der Waals surface area contributed by atoms with Crippen LogP contribution >= 0.6 is 0 Å². The molecule has 0 saturated carbocycles. The van der Waals surface area contributed by atoms with Gasteiger partial charge in [0, 0.05) is 6.08 Å². The molecule has 0 heterocycles. The number of carbonyl (C=O) groups is 1. The van der Waals surface area contributed by atoms with Crippen LogP contribution in [0.3, 0.4) is 0 Å². The van der Waals surface area contributed by atoms with Crippen molar-refractivity contribution in [3.8, 4) is 0 Å². The quantitative estimate of drug-likeness (QED) is 0.319. The van der Waals surface area contributed by atoms with E-state index in [4.69, 9.17) is 5.11 Å². The predicted octanol–water partition coefficient (Wildman–Crippen LogP) is 5.21. The minimum absolute atomic E-state index is 0.778. The van der Waals surface area contributed by atoms with Crippen LogP contribution in [-0.4, -0.2) is 11.1 Å². The molecule has 0 unspecified atom stereocenters. The molecule has 0 aromatic heterocycles. The minimum Gasteiger partial charge on any atom is -0.478 e. The van der Waals surface area contributed by atoms with Crippen LogP contribution < -0.4 is 0 Å². The maximum absolute atomic E-state index is 10.2. The second-order valence-electron chi connectivity index (χ2n) is 4.32. The maximum Gasteiger partial charge on any atom is 0.327 e. The summed E-state index contributed by atoms with van der Waals surface area (Å²) >= 11 is 0. The molecule has 110 valence electrons. The van der Waals surface area contributed by atoms with Gasteiger partial charge < -0.3 is 5.11 Å². The molecule has 0 radical (unpaired) electrons. The number of carboxylic acid groups (broad SMARTS) is 1. The highest BCUT2D eigenvalue weighted by atomic mass is 16.4. The lowest BCUT2D eigenvalue weighted by molar-refractivity contribution is -0.131. The molecule has 2 nitrogen and oxygen atoms in total. The molecule has 0 aliphatic carbocycles.